The van der Waals surface area contributed by atoms with Crippen LogP contribution in [0.2, 0.25) is 0 Å². The van der Waals surface area contributed by atoms with E-state index in [9.17, 15) is 4.79 Å². The van der Waals surface area contributed by atoms with E-state index < -0.39 is 0 Å². The lowest BCUT2D eigenvalue weighted by Gasteiger charge is -2.27. The van der Waals surface area contributed by atoms with E-state index in [4.69, 9.17) is 5.73 Å². The largest absolute Gasteiger partial charge is 0.399 e. The Hall–Kier alpha value is -1.51. The normalized spacial score (nSPS) is 27.3. The van der Waals surface area contributed by atoms with Crippen LogP contribution in [0.3, 0.4) is 0 Å². The standard InChI is InChI=1S/C18H26N2O/c1-12(2)20(11-13-6-5-7-14(19)10-13)18(21)17-15-8-3-4-9-16(15)17/h5-7,10,12,15-17H,3-4,8-9,11,19H2,1-2H3. The Morgan fingerprint density at radius 1 is 1.29 bits per heavy atom. The van der Waals surface area contributed by atoms with E-state index in [0.29, 0.717) is 30.2 Å². The predicted molar refractivity (Wildman–Crippen MR) is 85.5 cm³/mol. The summed E-state index contributed by atoms with van der Waals surface area (Å²) in [6.45, 7) is 4.89. The third-order valence-corrected chi connectivity index (χ3v) is 5.15. The van der Waals surface area contributed by atoms with Crippen molar-refractivity contribution in [3.05, 3.63) is 29.8 Å². The highest BCUT2D eigenvalue weighted by Crippen LogP contribution is 2.56. The van der Waals surface area contributed by atoms with E-state index in [1.165, 1.54) is 25.7 Å². The number of anilines is 1. The summed E-state index contributed by atoms with van der Waals surface area (Å²) in [5, 5.41) is 0. The lowest BCUT2D eigenvalue weighted by Crippen LogP contribution is -2.38. The van der Waals surface area contributed by atoms with Gasteiger partial charge in [-0.2, -0.15) is 0 Å². The van der Waals surface area contributed by atoms with E-state index in [1.54, 1.807) is 0 Å². The third-order valence-electron chi connectivity index (χ3n) is 5.15. The minimum absolute atomic E-state index is 0.238. The topological polar surface area (TPSA) is 46.3 Å². The highest BCUT2D eigenvalue weighted by molar-refractivity contribution is 5.82. The molecule has 2 fully saturated rings. The zero-order valence-electron chi connectivity index (χ0n) is 13.1. The fourth-order valence-electron chi connectivity index (χ4n) is 3.95. The summed E-state index contributed by atoms with van der Waals surface area (Å²) in [6, 6.07) is 8.12. The molecular weight excluding hydrogens is 260 g/mol. The van der Waals surface area contributed by atoms with Crippen LogP contribution in [0.1, 0.15) is 45.1 Å². The molecule has 0 spiro atoms. The minimum Gasteiger partial charge on any atom is -0.399 e. The first kappa shape index (κ1) is 14.4. The molecule has 2 aliphatic carbocycles. The summed E-state index contributed by atoms with van der Waals surface area (Å²) < 4.78 is 0. The van der Waals surface area contributed by atoms with Gasteiger partial charge in [-0.3, -0.25) is 4.79 Å². The number of carbonyl (C=O) groups is 1. The molecule has 0 radical (unpaired) electrons. The Kier molecular flexibility index (Phi) is 3.92. The number of nitrogens with two attached hydrogens (primary N) is 1. The van der Waals surface area contributed by atoms with Gasteiger partial charge in [0.25, 0.3) is 0 Å². The number of rotatable bonds is 4. The lowest BCUT2D eigenvalue weighted by molar-refractivity contribution is -0.135. The van der Waals surface area contributed by atoms with Crippen molar-refractivity contribution >= 4 is 11.6 Å². The molecule has 0 aromatic heterocycles. The number of amides is 1. The maximum atomic E-state index is 12.9. The Labute approximate surface area is 127 Å². The maximum Gasteiger partial charge on any atom is 0.226 e. The molecule has 3 heteroatoms. The van der Waals surface area contributed by atoms with Gasteiger partial charge in [-0.05, 0) is 56.2 Å². The van der Waals surface area contributed by atoms with Gasteiger partial charge in [-0.1, -0.05) is 25.0 Å². The lowest BCUT2D eigenvalue weighted by atomic mass is 10.0. The molecule has 2 N–H and O–H groups in total. The van der Waals surface area contributed by atoms with Crippen molar-refractivity contribution in [1.82, 2.24) is 4.90 Å². The van der Waals surface area contributed by atoms with Crippen LogP contribution >= 0.6 is 0 Å². The monoisotopic (exact) mass is 286 g/mol. The number of benzene rings is 1. The first-order valence-corrected chi connectivity index (χ1v) is 8.23. The molecule has 2 atom stereocenters. The number of hydrogen-bond acceptors (Lipinski definition) is 2. The summed E-state index contributed by atoms with van der Waals surface area (Å²) >= 11 is 0. The summed E-state index contributed by atoms with van der Waals surface area (Å²) in [4.78, 5) is 14.9. The van der Waals surface area contributed by atoms with Gasteiger partial charge < -0.3 is 10.6 Å². The molecule has 2 unspecified atom stereocenters. The van der Waals surface area contributed by atoms with Gasteiger partial charge in [0.05, 0.1) is 0 Å². The molecule has 1 amide bonds. The Bertz CT molecular complexity index is 514. The van der Waals surface area contributed by atoms with Crippen molar-refractivity contribution < 1.29 is 4.79 Å². The average molecular weight is 286 g/mol. The fraction of sp³-hybridized carbons (Fsp3) is 0.611. The second-order valence-corrected chi connectivity index (χ2v) is 6.94. The SMILES string of the molecule is CC(C)N(Cc1cccc(N)c1)C(=O)C1C2CCCCC21. The number of hydrogen-bond donors (Lipinski definition) is 1. The molecule has 2 saturated carbocycles. The van der Waals surface area contributed by atoms with Gasteiger partial charge >= 0.3 is 0 Å². The molecule has 21 heavy (non-hydrogen) atoms. The van der Waals surface area contributed by atoms with Gasteiger partial charge in [-0.15, -0.1) is 0 Å². The molecule has 0 heterocycles. The predicted octanol–water partition coefficient (Wildman–Crippen LogP) is 3.44. The van der Waals surface area contributed by atoms with Crippen LogP contribution in [0.25, 0.3) is 0 Å². The molecule has 0 saturated heterocycles. The zero-order valence-corrected chi connectivity index (χ0v) is 13.1. The fourth-order valence-corrected chi connectivity index (χ4v) is 3.95. The van der Waals surface area contributed by atoms with Crippen LogP contribution < -0.4 is 5.73 Å². The third kappa shape index (κ3) is 2.92. The van der Waals surface area contributed by atoms with Gasteiger partial charge in [0.2, 0.25) is 5.91 Å². The van der Waals surface area contributed by atoms with Crippen molar-refractivity contribution in [2.75, 3.05) is 5.73 Å². The van der Waals surface area contributed by atoms with Crippen LogP contribution in [0.15, 0.2) is 24.3 Å². The van der Waals surface area contributed by atoms with E-state index in [-0.39, 0.29) is 6.04 Å². The molecule has 2 aliphatic rings. The van der Waals surface area contributed by atoms with Gasteiger partial charge in [-0.25, -0.2) is 0 Å². The van der Waals surface area contributed by atoms with Gasteiger partial charge in [0, 0.05) is 24.2 Å². The second-order valence-electron chi connectivity index (χ2n) is 6.94. The van der Waals surface area contributed by atoms with Crippen LogP contribution in [0.5, 0.6) is 0 Å². The summed E-state index contributed by atoms with van der Waals surface area (Å²) in [7, 11) is 0. The molecule has 1 aromatic carbocycles. The number of carbonyl (C=O) groups excluding carboxylic acids is 1. The first-order chi connectivity index (χ1) is 10.1. The second kappa shape index (κ2) is 5.70. The van der Waals surface area contributed by atoms with Gasteiger partial charge in [0.15, 0.2) is 0 Å². The summed E-state index contributed by atoms with van der Waals surface area (Å²) in [6.07, 6.45) is 5.13. The van der Waals surface area contributed by atoms with Crippen LogP contribution in [-0.2, 0) is 11.3 Å². The van der Waals surface area contributed by atoms with Crippen LogP contribution in [0.4, 0.5) is 5.69 Å². The Balaban J connectivity index is 1.71. The zero-order chi connectivity index (χ0) is 15.0. The Morgan fingerprint density at radius 3 is 2.52 bits per heavy atom. The Morgan fingerprint density at radius 2 is 1.95 bits per heavy atom. The quantitative estimate of drug-likeness (QED) is 0.862. The van der Waals surface area contributed by atoms with E-state index >= 15 is 0 Å². The summed E-state index contributed by atoms with van der Waals surface area (Å²) in [5.41, 5.74) is 7.74. The molecule has 0 aliphatic heterocycles. The molecule has 3 rings (SSSR count). The molecule has 114 valence electrons. The van der Waals surface area contributed by atoms with Gasteiger partial charge in [0.1, 0.15) is 0 Å². The van der Waals surface area contributed by atoms with Crippen molar-refractivity contribution in [3.63, 3.8) is 0 Å². The van der Waals surface area contributed by atoms with Crippen LogP contribution in [0, 0.1) is 17.8 Å². The number of nitrogen functional groups attached to an aromatic ring is 1. The minimum atomic E-state index is 0.238. The number of fused-ring (bicyclic) bond motifs is 1. The van der Waals surface area contributed by atoms with Crippen molar-refractivity contribution in [2.24, 2.45) is 17.8 Å². The number of nitrogens with zero attached hydrogens (tertiary/aromatic N) is 1. The van der Waals surface area contributed by atoms with E-state index in [2.05, 4.69) is 19.9 Å². The molecular formula is C18H26N2O. The van der Waals surface area contributed by atoms with Crippen molar-refractivity contribution in [2.45, 2.75) is 52.1 Å². The molecule has 1 aromatic rings. The highest BCUT2D eigenvalue weighted by atomic mass is 16.2. The van der Waals surface area contributed by atoms with E-state index in [1.807, 2.05) is 23.1 Å². The van der Waals surface area contributed by atoms with Crippen molar-refractivity contribution in [3.8, 4) is 0 Å². The molecule has 3 nitrogen and oxygen atoms in total. The average Bonchev–Trinajstić information content (AvgIpc) is 3.18. The smallest absolute Gasteiger partial charge is 0.226 e. The highest BCUT2D eigenvalue weighted by Gasteiger charge is 2.55. The summed E-state index contributed by atoms with van der Waals surface area (Å²) in [5.74, 6) is 2.02. The maximum absolute atomic E-state index is 12.9. The van der Waals surface area contributed by atoms with Crippen LogP contribution in [-0.4, -0.2) is 16.8 Å². The molecule has 0 bridgehead atoms. The first-order valence-electron chi connectivity index (χ1n) is 8.23. The van der Waals surface area contributed by atoms with Crippen molar-refractivity contribution in [1.29, 1.82) is 0 Å². The van der Waals surface area contributed by atoms with E-state index in [0.717, 1.165) is 11.3 Å².